The Labute approximate surface area is 213 Å². The number of piperazine rings is 1. The van der Waals surface area contributed by atoms with Crippen molar-refractivity contribution < 1.29 is 24.1 Å². The van der Waals surface area contributed by atoms with Crippen LogP contribution in [-0.4, -0.2) is 70.4 Å². The summed E-state index contributed by atoms with van der Waals surface area (Å²) in [6.07, 6.45) is 0.101. The van der Waals surface area contributed by atoms with Crippen molar-refractivity contribution in [3.8, 4) is 22.9 Å². The van der Waals surface area contributed by atoms with Crippen molar-refractivity contribution in [2.24, 2.45) is 0 Å². The number of aliphatic hydroxyl groups is 1. The van der Waals surface area contributed by atoms with Crippen LogP contribution in [0.2, 0.25) is 0 Å². The zero-order valence-corrected chi connectivity index (χ0v) is 20.9. The Kier molecular flexibility index (Phi) is 4.92. The summed E-state index contributed by atoms with van der Waals surface area (Å²) in [6.45, 7) is 6.63. The van der Waals surface area contributed by atoms with Crippen LogP contribution < -0.4 is 15.0 Å². The summed E-state index contributed by atoms with van der Waals surface area (Å²) in [5, 5.41) is 12.0. The number of rotatable bonds is 3. The fourth-order valence-electron chi connectivity index (χ4n) is 5.98. The molecule has 0 spiro atoms. The van der Waals surface area contributed by atoms with Crippen LogP contribution in [0.5, 0.6) is 11.5 Å². The maximum Gasteiger partial charge on any atom is 0.343 e. The molecule has 0 radical (unpaired) electrons. The second-order valence-electron chi connectivity index (χ2n) is 10.3. The molecular weight excluding hydrogens is 476 g/mol. The minimum Gasteiger partial charge on any atom is -0.458 e. The van der Waals surface area contributed by atoms with Gasteiger partial charge in [0.25, 0.3) is 5.56 Å². The lowest BCUT2D eigenvalue weighted by atomic mass is 9.86. The highest BCUT2D eigenvalue weighted by molar-refractivity contribution is 5.98. The Hall–Kier alpha value is -3.47. The summed E-state index contributed by atoms with van der Waals surface area (Å²) < 4.78 is 18.7. The third-order valence-corrected chi connectivity index (χ3v) is 8.24. The molecule has 4 aliphatic rings. The Balaban J connectivity index is 1.43. The molecule has 0 bridgehead atoms. The van der Waals surface area contributed by atoms with E-state index in [0.717, 1.165) is 60.5 Å². The minimum atomic E-state index is -1.86. The van der Waals surface area contributed by atoms with Crippen molar-refractivity contribution in [2.45, 2.75) is 38.6 Å². The molecule has 10 nitrogen and oxygen atoms in total. The first-order valence-electron chi connectivity index (χ1n) is 12.7. The van der Waals surface area contributed by atoms with E-state index in [4.69, 9.17) is 19.2 Å². The Morgan fingerprint density at radius 2 is 1.89 bits per heavy atom. The monoisotopic (exact) mass is 504 g/mol. The standard InChI is InChI=1S/C27H28N4O6/c1-3-27(34)18-10-19-23-16(12-31(19)25(32)17(18)13-35-26(27)33)24-21-20(36-14-37-24)5-4-15(22(21)28-23)11-30-8-6-29(2)7-9-30/h4-5,10,34H,3,6-9,11-14H2,1-2H3/t27-/m0/s1. The van der Waals surface area contributed by atoms with Crippen molar-refractivity contribution in [3.05, 3.63) is 50.8 Å². The van der Waals surface area contributed by atoms with Gasteiger partial charge in [0, 0.05) is 43.9 Å². The van der Waals surface area contributed by atoms with Gasteiger partial charge in [0.1, 0.15) is 18.1 Å². The van der Waals surface area contributed by atoms with Crippen LogP contribution in [0.4, 0.5) is 0 Å². The van der Waals surface area contributed by atoms with Crippen molar-refractivity contribution in [3.63, 3.8) is 0 Å². The number of likely N-dealkylation sites (N-methyl/N-ethyl adjacent to an activating group) is 1. The fourth-order valence-corrected chi connectivity index (χ4v) is 5.98. The van der Waals surface area contributed by atoms with E-state index in [1.807, 2.05) is 6.07 Å². The molecule has 10 heteroatoms. The summed E-state index contributed by atoms with van der Waals surface area (Å²) in [4.78, 5) is 35.9. The van der Waals surface area contributed by atoms with Crippen molar-refractivity contribution >= 4 is 16.9 Å². The van der Waals surface area contributed by atoms with Crippen LogP contribution in [0.3, 0.4) is 0 Å². The first kappa shape index (κ1) is 22.7. The number of cyclic esters (lactones) is 1. The van der Waals surface area contributed by atoms with E-state index in [2.05, 4.69) is 22.9 Å². The number of fused-ring (bicyclic) bond motifs is 5. The third kappa shape index (κ3) is 3.19. The van der Waals surface area contributed by atoms with Gasteiger partial charge >= 0.3 is 5.97 Å². The molecule has 0 amide bonds. The van der Waals surface area contributed by atoms with Gasteiger partial charge in [-0.15, -0.1) is 0 Å². The molecule has 7 rings (SSSR count). The fraction of sp³-hybridized carbons (Fsp3) is 0.444. The zero-order valence-electron chi connectivity index (χ0n) is 20.9. The Morgan fingerprint density at radius 3 is 2.68 bits per heavy atom. The number of nitrogens with zero attached hydrogens (tertiary/aromatic N) is 4. The molecule has 1 saturated heterocycles. The normalized spacial score (nSPS) is 22.6. The smallest absolute Gasteiger partial charge is 0.343 e. The second-order valence-corrected chi connectivity index (χ2v) is 10.3. The molecule has 1 N–H and O–H groups in total. The number of benzene rings is 1. The molecule has 0 saturated carbocycles. The molecule has 0 aliphatic carbocycles. The summed E-state index contributed by atoms with van der Waals surface area (Å²) in [6, 6.07) is 5.78. The quantitative estimate of drug-likeness (QED) is 0.416. The van der Waals surface area contributed by atoms with Crippen LogP contribution in [0.25, 0.3) is 22.3 Å². The van der Waals surface area contributed by atoms with Gasteiger partial charge in [-0.05, 0) is 31.2 Å². The number of carbonyl (C=O) groups excluding carboxylic acids is 1. The molecule has 3 aromatic rings. The number of pyridine rings is 2. The summed E-state index contributed by atoms with van der Waals surface area (Å²) in [5.41, 5.74) is 2.33. The van der Waals surface area contributed by atoms with E-state index in [1.165, 1.54) is 0 Å². The van der Waals surface area contributed by atoms with Gasteiger partial charge in [-0.25, -0.2) is 9.78 Å². The van der Waals surface area contributed by atoms with Crippen molar-refractivity contribution in [2.75, 3.05) is 40.0 Å². The topological polar surface area (TPSA) is 106 Å². The lowest BCUT2D eigenvalue weighted by Crippen LogP contribution is -2.44. The number of aromatic nitrogens is 2. The molecule has 4 aliphatic heterocycles. The van der Waals surface area contributed by atoms with E-state index in [0.29, 0.717) is 28.3 Å². The van der Waals surface area contributed by atoms with Crippen LogP contribution in [0.15, 0.2) is 23.0 Å². The lowest BCUT2D eigenvalue weighted by Gasteiger charge is -2.32. The summed E-state index contributed by atoms with van der Waals surface area (Å²) in [7, 11) is 2.14. The third-order valence-electron chi connectivity index (χ3n) is 8.24. The van der Waals surface area contributed by atoms with Crippen molar-refractivity contribution in [1.29, 1.82) is 0 Å². The largest absolute Gasteiger partial charge is 0.458 e. The predicted octanol–water partition coefficient (Wildman–Crippen LogP) is 1.56. The molecule has 1 fully saturated rings. The minimum absolute atomic E-state index is 0.0794. The first-order chi connectivity index (χ1) is 17.9. The Morgan fingerprint density at radius 1 is 1.08 bits per heavy atom. The SMILES string of the molecule is CC[C@@]1(O)C(=O)OCc2c1cc1n(c2=O)Cc2c-1nc1c(CN3CCN(C)CC3)ccc3c1c2OCO3. The molecular formula is C27H28N4O6. The highest BCUT2D eigenvalue weighted by Crippen LogP contribution is 2.47. The molecule has 37 heavy (non-hydrogen) atoms. The average Bonchev–Trinajstić information content (AvgIpc) is 3.29. The highest BCUT2D eigenvalue weighted by atomic mass is 16.7. The number of hydrogen-bond acceptors (Lipinski definition) is 9. The second kappa shape index (κ2) is 8.01. The summed E-state index contributed by atoms with van der Waals surface area (Å²) >= 11 is 0. The van der Waals surface area contributed by atoms with Crippen LogP contribution in [0, 0.1) is 0 Å². The number of hydrogen-bond donors (Lipinski definition) is 1. The van der Waals surface area contributed by atoms with Gasteiger partial charge in [-0.2, -0.15) is 0 Å². The van der Waals surface area contributed by atoms with Gasteiger partial charge in [-0.1, -0.05) is 13.0 Å². The predicted molar refractivity (Wildman–Crippen MR) is 133 cm³/mol. The van der Waals surface area contributed by atoms with Gasteiger partial charge in [0.15, 0.2) is 5.60 Å². The number of ether oxygens (including phenoxy) is 3. The van der Waals surface area contributed by atoms with Gasteiger partial charge in [-0.3, -0.25) is 9.69 Å². The molecule has 192 valence electrons. The van der Waals surface area contributed by atoms with Crippen LogP contribution in [-0.2, 0) is 34.8 Å². The number of carbonyl (C=O) groups is 1. The van der Waals surface area contributed by atoms with E-state index in [1.54, 1.807) is 17.6 Å². The molecule has 0 unspecified atom stereocenters. The van der Waals surface area contributed by atoms with E-state index >= 15 is 0 Å². The summed E-state index contributed by atoms with van der Waals surface area (Å²) in [5.74, 6) is 0.669. The van der Waals surface area contributed by atoms with Gasteiger partial charge in [0.2, 0.25) is 6.79 Å². The number of esters is 1. The van der Waals surface area contributed by atoms with E-state index in [9.17, 15) is 14.7 Å². The molecule has 2 aromatic heterocycles. The first-order valence-corrected chi connectivity index (χ1v) is 12.7. The lowest BCUT2D eigenvalue weighted by molar-refractivity contribution is -0.172. The zero-order chi connectivity index (χ0) is 25.5. The average molecular weight is 505 g/mol. The highest BCUT2D eigenvalue weighted by Gasteiger charge is 2.45. The maximum atomic E-state index is 13.6. The van der Waals surface area contributed by atoms with E-state index in [-0.39, 0.29) is 31.9 Å². The Bertz CT molecular complexity index is 1540. The van der Waals surface area contributed by atoms with Crippen LogP contribution >= 0.6 is 0 Å². The maximum absolute atomic E-state index is 13.6. The molecule has 1 aromatic carbocycles. The van der Waals surface area contributed by atoms with Crippen molar-refractivity contribution in [1.82, 2.24) is 19.4 Å². The van der Waals surface area contributed by atoms with Gasteiger partial charge in [0.05, 0.1) is 34.4 Å². The van der Waals surface area contributed by atoms with Gasteiger partial charge < -0.3 is 28.8 Å². The van der Waals surface area contributed by atoms with E-state index < -0.39 is 11.6 Å². The molecule has 6 heterocycles. The van der Waals surface area contributed by atoms with Crippen LogP contribution in [0.1, 0.15) is 35.6 Å². The molecule has 1 atom stereocenters.